The van der Waals surface area contributed by atoms with Crippen LogP contribution in [0.5, 0.6) is 0 Å². The van der Waals surface area contributed by atoms with E-state index >= 15 is 0 Å². The maximum atomic E-state index is 12.0. The van der Waals surface area contributed by atoms with Crippen LogP contribution in [0.1, 0.15) is 33.3 Å². The van der Waals surface area contributed by atoms with Crippen LogP contribution in [0, 0.1) is 13.8 Å². The van der Waals surface area contributed by atoms with E-state index in [2.05, 4.69) is 19.8 Å². The van der Waals surface area contributed by atoms with Crippen molar-refractivity contribution in [3.8, 4) is 0 Å². The fourth-order valence-electron chi connectivity index (χ4n) is 2.34. The van der Waals surface area contributed by atoms with Gasteiger partial charge in [-0.05, 0) is 26.0 Å². The lowest BCUT2D eigenvalue weighted by molar-refractivity contribution is -0.144. The van der Waals surface area contributed by atoms with Gasteiger partial charge in [-0.1, -0.05) is 0 Å². The first-order valence-corrected chi connectivity index (χ1v) is 7.48. The standard InChI is InChI=1S/C16H16N4O5/c1-9-6-10(2)20-16(17-9)18-12(19-20)7-13(21)25-8-11-4-5-24-14(11)15(22)23-3/h4-6H,7-8H2,1-3H3. The van der Waals surface area contributed by atoms with E-state index in [-0.39, 0.29) is 18.8 Å². The Kier molecular flexibility index (Phi) is 4.46. The minimum Gasteiger partial charge on any atom is -0.463 e. The number of furan rings is 1. The number of esters is 2. The maximum absolute atomic E-state index is 12.0. The molecule has 3 aromatic rings. The van der Waals surface area contributed by atoms with Crippen molar-refractivity contribution in [2.45, 2.75) is 26.9 Å². The molecule has 0 aromatic carbocycles. The Hall–Kier alpha value is -3.23. The second kappa shape index (κ2) is 6.71. The first-order valence-electron chi connectivity index (χ1n) is 7.48. The number of carbonyl (C=O) groups excluding carboxylic acids is 2. The van der Waals surface area contributed by atoms with E-state index in [1.807, 2.05) is 19.9 Å². The number of ether oxygens (including phenoxy) is 2. The zero-order valence-electron chi connectivity index (χ0n) is 14.0. The van der Waals surface area contributed by atoms with Crippen LogP contribution in [0.2, 0.25) is 0 Å². The summed E-state index contributed by atoms with van der Waals surface area (Å²) in [5, 5.41) is 4.25. The number of carbonyl (C=O) groups is 2. The van der Waals surface area contributed by atoms with Gasteiger partial charge in [0.1, 0.15) is 13.0 Å². The molecule has 0 fully saturated rings. The van der Waals surface area contributed by atoms with E-state index in [0.29, 0.717) is 17.2 Å². The monoisotopic (exact) mass is 344 g/mol. The summed E-state index contributed by atoms with van der Waals surface area (Å²) in [4.78, 5) is 32.0. The van der Waals surface area contributed by atoms with Gasteiger partial charge in [0.2, 0.25) is 5.76 Å². The molecule has 9 heteroatoms. The van der Waals surface area contributed by atoms with Gasteiger partial charge in [-0.15, -0.1) is 5.10 Å². The van der Waals surface area contributed by atoms with E-state index in [1.165, 1.54) is 13.4 Å². The van der Waals surface area contributed by atoms with Gasteiger partial charge in [0.15, 0.2) is 5.82 Å². The molecule has 3 aromatic heterocycles. The van der Waals surface area contributed by atoms with Crippen molar-refractivity contribution in [3.05, 3.63) is 46.9 Å². The van der Waals surface area contributed by atoms with Crippen molar-refractivity contribution < 1.29 is 23.5 Å². The highest BCUT2D eigenvalue weighted by molar-refractivity contribution is 5.87. The SMILES string of the molecule is COC(=O)c1occc1COC(=O)Cc1nc2nc(C)cc(C)n2n1. The number of aromatic nitrogens is 4. The molecule has 0 radical (unpaired) electrons. The van der Waals surface area contributed by atoms with Crippen LogP contribution in [0.15, 0.2) is 22.8 Å². The highest BCUT2D eigenvalue weighted by Gasteiger charge is 2.18. The fourth-order valence-corrected chi connectivity index (χ4v) is 2.34. The third-order valence-corrected chi connectivity index (χ3v) is 3.47. The third-order valence-electron chi connectivity index (χ3n) is 3.47. The fraction of sp³-hybridized carbons (Fsp3) is 0.312. The number of fused-ring (bicyclic) bond motifs is 1. The highest BCUT2D eigenvalue weighted by atomic mass is 16.5. The van der Waals surface area contributed by atoms with Crippen LogP contribution in [0.25, 0.3) is 5.78 Å². The molecule has 25 heavy (non-hydrogen) atoms. The van der Waals surface area contributed by atoms with Crippen molar-refractivity contribution in [2.24, 2.45) is 0 Å². The molecule has 0 aliphatic rings. The van der Waals surface area contributed by atoms with Crippen molar-refractivity contribution >= 4 is 17.7 Å². The van der Waals surface area contributed by atoms with E-state index in [1.54, 1.807) is 10.6 Å². The van der Waals surface area contributed by atoms with Crippen LogP contribution in [-0.4, -0.2) is 38.6 Å². The Morgan fingerprint density at radius 1 is 1.28 bits per heavy atom. The van der Waals surface area contributed by atoms with Gasteiger partial charge in [0, 0.05) is 17.0 Å². The molecule has 0 N–H and O–H groups in total. The lowest BCUT2D eigenvalue weighted by Crippen LogP contribution is -2.11. The van der Waals surface area contributed by atoms with Crippen molar-refractivity contribution in [3.63, 3.8) is 0 Å². The van der Waals surface area contributed by atoms with Gasteiger partial charge >= 0.3 is 11.9 Å². The predicted octanol–water partition coefficient (Wildman–Crippen LogP) is 1.41. The molecule has 0 aliphatic carbocycles. The Labute approximate surface area is 142 Å². The summed E-state index contributed by atoms with van der Waals surface area (Å²) in [5.74, 6) is -0.400. The summed E-state index contributed by atoms with van der Waals surface area (Å²) in [7, 11) is 1.24. The smallest absolute Gasteiger partial charge is 0.374 e. The van der Waals surface area contributed by atoms with E-state index in [9.17, 15) is 9.59 Å². The molecule has 0 bridgehead atoms. The van der Waals surface area contributed by atoms with Gasteiger partial charge in [-0.2, -0.15) is 4.98 Å². The average Bonchev–Trinajstić information content (AvgIpc) is 3.18. The Balaban J connectivity index is 1.66. The first kappa shape index (κ1) is 16.6. The molecule has 0 atom stereocenters. The van der Waals surface area contributed by atoms with Gasteiger partial charge in [0.25, 0.3) is 5.78 Å². The lowest BCUT2D eigenvalue weighted by atomic mass is 10.2. The molecule has 0 saturated carbocycles. The molecule has 0 aliphatic heterocycles. The summed E-state index contributed by atoms with van der Waals surface area (Å²) in [6.45, 7) is 3.63. The topological polar surface area (TPSA) is 109 Å². The number of methoxy groups -OCH3 is 1. The second-order valence-corrected chi connectivity index (χ2v) is 5.38. The number of aryl methyl sites for hydroxylation is 2. The van der Waals surface area contributed by atoms with Gasteiger partial charge < -0.3 is 13.9 Å². The maximum Gasteiger partial charge on any atom is 0.374 e. The quantitative estimate of drug-likeness (QED) is 0.639. The molecule has 130 valence electrons. The molecule has 0 spiro atoms. The van der Waals surface area contributed by atoms with Crippen LogP contribution < -0.4 is 0 Å². The summed E-state index contributed by atoms with van der Waals surface area (Å²) >= 11 is 0. The average molecular weight is 344 g/mol. The van der Waals surface area contributed by atoms with E-state index in [0.717, 1.165) is 11.4 Å². The number of hydrogen-bond acceptors (Lipinski definition) is 8. The Bertz CT molecular complexity index is 943. The molecule has 0 unspecified atom stereocenters. The van der Waals surface area contributed by atoms with E-state index < -0.39 is 11.9 Å². The Morgan fingerprint density at radius 2 is 2.08 bits per heavy atom. The summed E-state index contributed by atoms with van der Waals surface area (Å²) < 4.78 is 16.3. The predicted molar refractivity (Wildman–Crippen MR) is 83.8 cm³/mol. The molecule has 0 amide bonds. The van der Waals surface area contributed by atoms with Crippen molar-refractivity contribution in [2.75, 3.05) is 7.11 Å². The number of rotatable bonds is 5. The molecule has 3 heterocycles. The molecule has 3 rings (SSSR count). The highest BCUT2D eigenvalue weighted by Crippen LogP contribution is 2.13. The first-order chi connectivity index (χ1) is 12.0. The zero-order valence-corrected chi connectivity index (χ0v) is 14.0. The number of nitrogens with zero attached hydrogens (tertiary/aromatic N) is 4. The molecular weight excluding hydrogens is 328 g/mol. The van der Waals surface area contributed by atoms with Crippen LogP contribution in [0.3, 0.4) is 0 Å². The van der Waals surface area contributed by atoms with Crippen LogP contribution in [-0.2, 0) is 27.3 Å². The van der Waals surface area contributed by atoms with Gasteiger partial charge in [-0.25, -0.2) is 14.3 Å². The molecule has 9 nitrogen and oxygen atoms in total. The lowest BCUT2D eigenvalue weighted by Gasteiger charge is -2.03. The summed E-state index contributed by atoms with van der Waals surface area (Å²) in [6, 6.07) is 3.41. The zero-order chi connectivity index (χ0) is 18.0. The van der Waals surface area contributed by atoms with Gasteiger partial charge in [-0.3, -0.25) is 4.79 Å². The third kappa shape index (κ3) is 3.49. The minimum absolute atomic E-state index is 0.0106. The summed E-state index contributed by atoms with van der Waals surface area (Å²) in [5.41, 5.74) is 2.12. The van der Waals surface area contributed by atoms with Gasteiger partial charge in [0.05, 0.1) is 13.4 Å². The summed E-state index contributed by atoms with van der Waals surface area (Å²) in [6.07, 6.45) is 1.23. The molecular formula is C16H16N4O5. The van der Waals surface area contributed by atoms with Crippen LogP contribution >= 0.6 is 0 Å². The largest absolute Gasteiger partial charge is 0.463 e. The van der Waals surface area contributed by atoms with Crippen LogP contribution in [0.4, 0.5) is 0 Å². The molecule has 0 saturated heterocycles. The number of hydrogen-bond donors (Lipinski definition) is 0. The minimum atomic E-state index is -0.630. The Morgan fingerprint density at radius 3 is 2.84 bits per heavy atom. The second-order valence-electron chi connectivity index (χ2n) is 5.38. The normalized spacial score (nSPS) is 10.8. The van der Waals surface area contributed by atoms with E-state index in [4.69, 9.17) is 9.15 Å². The van der Waals surface area contributed by atoms with Crippen molar-refractivity contribution in [1.82, 2.24) is 19.6 Å². The van der Waals surface area contributed by atoms with Crippen molar-refractivity contribution in [1.29, 1.82) is 0 Å².